The van der Waals surface area contributed by atoms with E-state index in [2.05, 4.69) is 15.0 Å². The van der Waals surface area contributed by atoms with Crippen molar-refractivity contribution < 1.29 is 4.39 Å². The van der Waals surface area contributed by atoms with Crippen molar-refractivity contribution in [3.8, 4) is 11.3 Å². The first-order valence-corrected chi connectivity index (χ1v) is 4.89. The lowest BCUT2D eigenvalue weighted by Gasteiger charge is -1.97. The van der Waals surface area contributed by atoms with E-state index in [1.165, 1.54) is 6.07 Å². The molecule has 0 amide bonds. The predicted molar refractivity (Wildman–Crippen MR) is 59.3 cm³/mol. The maximum atomic E-state index is 13.0. The Labute approximate surface area is 91.0 Å². The molecule has 16 heavy (non-hydrogen) atoms. The van der Waals surface area contributed by atoms with Gasteiger partial charge in [-0.1, -0.05) is 6.07 Å². The third-order valence-electron chi connectivity index (χ3n) is 2.43. The topological polar surface area (TPSA) is 41.6 Å². The minimum Gasteiger partial charge on any atom is -0.359 e. The minimum absolute atomic E-state index is 0.484. The van der Waals surface area contributed by atoms with Gasteiger partial charge in [0, 0.05) is 18.0 Å². The zero-order chi connectivity index (χ0) is 11.0. The largest absolute Gasteiger partial charge is 0.359 e. The molecule has 0 unspecified atom stereocenters. The molecule has 3 aromatic rings. The highest BCUT2D eigenvalue weighted by molar-refractivity contribution is 5.90. The Bertz CT molecular complexity index is 645. The molecule has 0 radical (unpaired) electrons. The van der Waals surface area contributed by atoms with Gasteiger partial charge >= 0.3 is 0 Å². The van der Waals surface area contributed by atoms with Gasteiger partial charge in [-0.25, -0.2) is 4.98 Å². The van der Waals surface area contributed by atoms with Gasteiger partial charge in [0.1, 0.15) is 0 Å². The van der Waals surface area contributed by atoms with Crippen molar-refractivity contribution >= 4 is 11.0 Å². The van der Waals surface area contributed by atoms with E-state index in [0.29, 0.717) is 5.69 Å². The van der Waals surface area contributed by atoms with Crippen LogP contribution >= 0.6 is 0 Å². The highest BCUT2D eigenvalue weighted by atomic mass is 19.1. The van der Waals surface area contributed by atoms with Crippen molar-refractivity contribution in [3.63, 3.8) is 0 Å². The molecule has 0 bridgehead atoms. The number of fused-ring (bicyclic) bond motifs is 1. The van der Waals surface area contributed by atoms with E-state index < -0.39 is 5.95 Å². The Morgan fingerprint density at radius 3 is 2.94 bits per heavy atom. The SMILES string of the molecule is Fc1cccc(-c2c[nH]c3cccnc23)n1. The van der Waals surface area contributed by atoms with Gasteiger partial charge in [0.15, 0.2) is 0 Å². The number of pyridine rings is 2. The molecule has 0 aliphatic rings. The normalized spacial score (nSPS) is 10.8. The first-order chi connectivity index (χ1) is 7.84. The quantitative estimate of drug-likeness (QED) is 0.631. The number of hydrogen-bond acceptors (Lipinski definition) is 2. The van der Waals surface area contributed by atoms with Crippen molar-refractivity contribution in [2.45, 2.75) is 0 Å². The third kappa shape index (κ3) is 1.35. The van der Waals surface area contributed by atoms with Gasteiger partial charge in [0.25, 0.3) is 0 Å². The molecule has 3 rings (SSSR count). The van der Waals surface area contributed by atoms with Gasteiger partial charge in [0.2, 0.25) is 5.95 Å². The molecule has 78 valence electrons. The second-order valence-corrected chi connectivity index (χ2v) is 3.45. The Kier molecular flexibility index (Phi) is 1.93. The monoisotopic (exact) mass is 213 g/mol. The third-order valence-corrected chi connectivity index (χ3v) is 2.43. The second kappa shape index (κ2) is 3.41. The summed E-state index contributed by atoms with van der Waals surface area (Å²) in [6.45, 7) is 0. The van der Waals surface area contributed by atoms with Crippen molar-refractivity contribution in [2.24, 2.45) is 0 Å². The molecular weight excluding hydrogens is 205 g/mol. The van der Waals surface area contributed by atoms with Crippen LogP contribution in [0.15, 0.2) is 42.7 Å². The standard InChI is InChI=1S/C12H8FN3/c13-11-5-1-3-9(16-11)8-7-15-10-4-2-6-14-12(8)10/h1-7,15H. The maximum absolute atomic E-state index is 13.0. The molecule has 0 saturated carbocycles. The lowest BCUT2D eigenvalue weighted by molar-refractivity contribution is 0.585. The Balaban J connectivity index is 2.26. The molecule has 4 heteroatoms. The van der Waals surface area contributed by atoms with Gasteiger partial charge in [0.05, 0.1) is 16.7 Å². The van der Waals surface area contributed by atoms with Gasteiger partial charge in [-0.3, -0.25) is 4.98 Å². The Hall–Kier alpha value is -2.23. The van der Waals surface area contributed by atoms with Gasteiger partial charge in [-0.2, -0.15) is 4.39 Å². The lowest BCUT2D eigenvalue weighted by Crippen LogP contribution is -1.86. The number of aromatic nitrogens is 3. The smallest absolute Gasteiger partial charge is 0.213 e. The van der Waals surface area contributed by atoms with Gasteiger partial charge in [-0.05, 0) is 24.3 Å². The summed E-state index contributed by atoms with van der Waals surface area (Å²) in [6.07, 6.45) is 3.50. The van der Waals surface area contributed by atoms with Gasteiger partial charge < -0.3 is 4.98 Å². The van der Waals surface area contributed by atoms with Crippen LogP contribution in [0.25, 0.3) is 22.3 Å². The second-order valence-electron chi connectivity index (χ2n) is 3.45. The highest BCUT2D eigenvalue weighted by Gasteiger charge is 2.08. The molecule has 0 aromatic carbocycles. The first-order valence-electron chi connectivity index (χ1n) is 4.89. The van der Waals surface area contributed by atoms with Crippen LogP contribution in [-0.4, -0.2) is 15.0 Å². The number of H-pyrrole nitrogens is 1. The summed E-state index contributed by atoms with van der Waals surface area (Å²) < 4.78 is 13.0. The fraction of sp³-hybridized carbons (Fsp3) is 0. The molecule has 1 N–H and O–H groups in total. The molecular formula is C12H8FN3. The molecule has 3 nitrogen and oxygen atoms in total. The molecule has 0 spiro atoms. The van der Waals surface area contributed by atoms with Crippen molar-refractivity contribution in [1.29, 1.82) is 0 Å². The lowest BCUT2D eigenvalue weighted by atomic mass is 10.2. The van der Waals surface area contributed by atoms with E-state index in [9.17, 15) is 4.39 Å². The maximum Gasteiger partial charge on any atom is 0.213 e. The molecule has 0 fully saturated rings. The molecule has 0 atom stereocenters. The van der Waals surface area contributed by atoms with E-state index in [1.54, 1.807) is 24.5 Å². The van der Waals surface area contributed by atoms with E-state index in [1.807, 2.05) is 12.1 Å². The number of aromatic amines is 1. The first kappa shape index (κ1) is 9.03. The average molecular weight is 213 g/mol. The van der Waals surface area contributed by atoms with E-state index >= 15 is 0 Å². The summed E-state index contributed by atoms with van der Waals surface area (Å²) in [5.74, 6) is -0.484. The summed E-state index contributed by atoms with van der Waals surface area (Å²) in [6, 6.07) is 8.50. The summed E-state index contributed by atoms with van der Waals surface area (Å²) in [4.78, 5) is 11.2. The van der Waals surface area contributed by atoms with Crippen LogP contribution < -0.4 is 0 Å². The van der Waals surface area contributed by atoms with Gasteiger partial charge in [-0.15, -0.1) is 0 Å². The van der Waals surface area contributed by atoms with Crippen LogP contribution in [0, 0.1) is 5.95 Å². The number of halogens is 1. The van der Waals surface area contributed by atoms with Crippen molar-refractivity contribution in [1.82, 2.24) is 15.0 Å². The van der Waals surface area contributed by atoms with Crippen LogP contribution in [0.5, 0.6) is 0 Å². The van der Waals surface area contributed by atoms with Crippen LogP contribution in [0.1, 0.15) is 0 Å². The Morgan fingerprint density at radius 2 is 2.06 bits per heavy atom. The minimum atomic E-state index is -0.484. The molecule has 3 heterocycles. The highest BCUT2D eigenvalue weighted by Crippen LogP contribution is 2.24. The average Bonchev–Trinajstić information content (AvgIpc) is 2.72. The zero-order valence-corrected chi connectivity index (χ0v) is 8.31. The molecule has 0 aliphatic carbocycles. The number of rotatable bonds is 1. The van der Waals surface area contributed by atoms with Crippen LogP contribution in [0.4, 0.5) is 4.39 Å². The molecule has 0 saturated heterocycles. The summed E-state index contributed by atoms with van der Waals surface area (Å²) in [5.41, 5.74) is 3.13. The fourth-order valence-electron chi connectivity index (χ4n) is 1.71. The van der Waals surface area contributed by atoms with E-state index in [4.69, 9.17) is 0 Å². The van der Waals surface area contributed by atoms with Crippen molar-refractivity contribution in [2.75, 3.05) is 0 Å². The molecule has 0 aliphatic heterocycles. The van der Waals surface area contributed by atoms with Crippen molar-refractivity contribution in [3.05, 3.63) is 48.7 Å². The van der Waals surface area contributed by atoms with Crippen LogP contribution in [-0.2, 0) is 0 Å². The predicted octanol–water partition coefficient (Wildman–Crippen LogP) is 2.76. The summed E-state index contributed by atoms with van der Waals surface area (Å²) >= 11 is 0. The van der Waals surface area contributed by atoms with E-state index in [0.717, 1.165) is 16.6 Å². The summed E-state index contributed by atoms with van der Waals surface area (Å²) in [7, 11) is 0. The fourth-order valence-corrected chi connectivity index (χ4v) is 1.71. The van der Waals surface area contributed by atoms with Crippen LogP contribution in [0.2, 0.25) is 0 Å². The van der Waals surface area contributed by atoms with E-state index in [-0.39, 0.29) is 0 Å². The molecule has 3 aromatic heterocycles. The summed E-state index contributed by atoms with van der Waals surface area (Å²) in [5, 5.41) is 0. The number of nitrogens with one attached hydrogen (secondary N) is 1. The zero-order valence-electron chi connectivity index (χ0n) is 8.31. The Morgan fingerprint density at radius 1 is 1.12 bits per heavy atom. The number of nitrogens with zero attached hydrogens (tertiary/aromatic N) is 2. The van der Waals surface area contributed by atoms with Crippen LogP contribution in [0.3, 0.4) is 0 Å². The number of hydrogen-bond donors (Lipinski definition) is 1.